The number of nitrogens with zero attached hydrogens (tertiary/aromatic N) is 5. The smallest absolute Gasteiger partial charge is 0.261 e. The molecular formula is C30H37FN6O3. The second-order valence-electron chi connectivity index (χ2n) is 9.54. The Morgan fingerprint density at radius 3 is 2.70 bits per heavy atom. The lowest BCUT2D eigenvalue weighted by molar-refractivity contribution is -0.129. The van der Waals surface area contributed by atoms with Crippen LogP contribution in [0.5, 0.6) is 5.75 Å². The van der Waals surface area contributed by atoms with Crippen LogP contribution < -0.4 is 10.1 Å². The zero-order valence-electron chi connectivity index (χ0n) is 23.7. The summed E-state index contributed by atoms with van der Waals surface area (Å²) in [6, 6.07) is 7.20. The van der Waals surface area contributed by atoms with Gasteiger partial charge in [-0.15, -0.1) is 6.58 Å². The molecule has 1 N–H and O–H groups in total. The Morgan fingerprint density at radius 2 is 2.02 bits per heavy atom. The maximum Gasteiger partial charge on any atom is 0.261 e. The predicted molar refractivity (Wildman–Crippen MR) is 154 cm³/mol. The number of carbonyl (C=O) groups excluding carboxylic acids is 2. The maximum absolute atomic E-state index is 14.1. The summed E-state index contributed by atoms with van der Waals surface area (Å²) in [6.07, 6.45) is 10.8. The van der Waals surface area contributed by atoms with Gasteiger partial charge in [0.05, 0.1) is 18.4 Å². The molecule has 0 saturated heterocycles. The molecule has 0 fully saturated rings. The number of fused-ring (bicyclic) bond motifs is 1. The Labute approximate surface area is 234 Å². The number of halogens is 1. The van der Waals surface area contributed by atoms with Gasteiger partial charge in [-0.1, -0.05) is 31.6 Å². The first kappa shape index (κ1) is 30.1. The molecule has 212 valence electrons. The molecule has 1 unspecified atom stereocenters. The van der Waals surface area contributed by atoms with Crippen LogP contribution in [0.4, 0.5) is 4.39 Å². The second kappa shape index (κ2) is 14.1. The fraction of sp³-hybridized carbons (Fsp3) is 0.333. The number of unbranched alkanes of at least 4 members (excludes halogenated alkanes) is 1. The minimum Gasteiger partial charge on any atom is -0.460 e. The number of nitrogens with one attached hydrogen (secondary N) is 1. The van der Waals surface area contributed by atoms with Crippen LogP contribution in [0.1, 0.15) is 48.2 Å². The van der Waals surface area contributed by atoms with Gasteiger partial charge in [-0.05, 0) is 36.6 Å². The maximum atomic E-state index is 14.1. The van der Waals surface area contributed by atoms with Crippen molar-refractivity contribution in [1.29, 1.82) is 0 Å². The number of aromatic nitrogens is 3. The van der Waals surface area contributed by atoms with E-state index in [0.29, 0.717) is 41.1 Å². The first-order chi connectivity index (χ1) is 19.1. The van der Waals surface area contributed by atoms with Gasteiger partial charge in [0.15, 0.2) is 5.65 Å². The molecule has 0 aliphatic heterocycles. The highest BCUT2D eigenvalue weighted by molar-refractivity contribution is 6.02. The molecule has 10 heteroatoms. The van der Waals surface area contributed by atoms with Crippen molar-refractivity contribution in [2.45, 2.75) is 39.5 Å². The van der Waals surface area contributed by atoms with Gasteiger partial charge in [-0.25, -0.2) is 13.9 Å². The van der Waals surface area contributed by atoms with Gasteiger partial charge in [-0.2, -0.15) is 5.10 Å². The van der Waals surface area contributed by atoms with Crippen molar-refractivity contribution in [2.75, 3.05) is 27.7 Å². The van der Waals surface area contributed by atoms with Crippen molar-refractivity contribution >= 4 is 23.0 Å². The highest BCUT2D eigenvalue weighted by atomic mass is 19.1. The molecule has 40 heavy (non-hydrogen) atoms. The minimum absolute atomic E-state index is 0.0765. The van der Waals surface area contributed by atoms with Gasteiger partial charge in [-0.3, -0.25) is 9.59 Å². The molecule has 0 radical (unpaired) electrons. The van der Waals surface area contributed by atoms with Crippen molar-refractivity contribution in [3.63, 3.8) is 0 Å². The largest absolute Gasteiger partial charge is 0.460 e. The fourth-order valence-corrected chi connectivity index (χ4v) is 3.98. The number of carbonyl (C=O) groups is 2. The minimum atomic E-state index is -1.55. The summed E-state index contributed by atoms with van der Waals surface area (Å²) in [6.45, 7) is 7.26. The summed E-state index contributed by atoms with van der Waals surface area (Å²) in [7, 11) is 5.11. The number of allylic oxidation sites excluding steroid dienone is 3. The van der Waals surface area contributed by atoms with Crippen LogP contribution in [-0.4, -0.2) is 70.3 Å². The summed E-state index contributed by atoms with van der Waals surface area (Å²) < 4.78 is 21.2. The molecule has 3 aromatic rings. The number of hydrogen-bond acceptors (Lipinski definition) is 6. The summed E-state index contributed by atoms with van der Waals surface area (Å²) in [5, 5.41) is 7.23. The monoisotopic (exact) mass is 548 g/mol. The number of likely N-dealkylation sites (N-methyl/N-ethyl adjacent to an activating group) is 2. The lowest BCUT2D eigenvalue weighted by Gasteiger charge is -2.23. The van der Waals surface area contributed by atoms with E-state index in [1.807, 2.05) is 25.1 Å². The predicted octanol–water partition coefficient (Wildman–Crippen LogP) is 4.63. The highest BCUT2D eigenvalue weighted by Crippen LogP contribution is 2.33. The van der Waals surface area contributed by atoms with Crippen molar-refractivity contribution in [2.24, 2.45) is 0 Å². The summed E-state index contributed by atoms with van der Waals surface area (Å²) in [5.41, 5.74) is 3.27. The zero-order valence-corrected chi connectivity index (χ0v) is 23.7. The molecule has 2 amide bonds. The number of alkyl halides is 1. The van der Waals surface area contributed by atoms with E-state index in [0.717, 1.165) is 12.0 Å². The molecule has 2 aromatic heterocycles. The molecule has 0 spiro atoms. The van der Waals surface area contributed by atoms with Gasteiger partial charge in [0, 0.05) is 57.8 Å². The first-order valence-corrected chi connectivity index (χ1v) is 13.1. The van der Waals surface area contributed by atoms with E-state index in [-0.39, 0.29) is 18.0 Å². The van der Waals surface area contributed by atoms with Crippen LogP contribution in [0.2, 0.25) is 0 Å². The summed E-state index contributed by atoms with van der Waals surface area (Å²) >= 11 is 0. The van der Waals surface area contributed by atoms with Crippen LogP contribution in [0.15, 0.2) is 73.5 Å². The van der Waals surface area contributed by atoms with E-state index in [1.165, 1.54) is 22.5 Å². The SMILES string of the molecule is C=CCc1ccc(OC(C)F)c(C(=C\CCC)/C(=C\N(C)CC(=O)N(C)C)NC(=O)c2cnn3cccnc23)c1. The molecule has 0 aliphatic rings. The van der Waals surface area contributed by atoms with Crippen LogP contribution in [-0.2, 0) is 11.2 Å². The van der Waals surface area contributed by atoms with Crippen molar-refractivity contribution in [3.8, 4) is 5.75 Å². The number of amides is 2. The molecule has 0 aliphatic carbocycles. The van der Waals surface area contributed by atoms with E-state index in [2.05, 4.69) is 22.0 Å². The van der Waals surface area contributed by atoms with E-state index in [4.69, 9.17) is 4.74 Å². The third-order valence-electron chi connectivity index (χ3n) is 5.94. The van der Waals surface area contributed by atoms with Crippen molar-refractivity contribution in [1.82, 2.24) is 29.7 Å². The normalized spacial score (nSPS) is 12.7. The van der Waals surface area contributed by atoms with Crippen LogP contribution >= 0.6 is 0 Å². The van der Waals surface area contributed by atoms with E-state index in [9.17, 15) is 14.0 Å². The van der Waals surface area contributed by atoms with E-state index < -0.39 is 12.3 Å². The number of benzene rings is 1. The quantitative estimate of drug-likeness (QED) is 0.247. The Hall–Kier alpha value is -4.47. The van der Waals surface area contributed by atoms with Crippen LogP contribution in [0.3, 0.4) is 0 Å². The average molecular weight is 549 g/mol. The zero-order chi connectivity index (χ0) is 29.2. The third kappa shape index (κ3) is 7.78. The van der Waals surface area contributed by atoms with E-state index in [1.54, 1.807) is 62.8 Å². The third-order valence-corrected chi connectivity index (χ3v) is 5.94. The standard InChI is InChI=1S/C30H37FN6O3/c1-7-9-12-23(24-17-22(11-8-2)13-14-27(24)40-21(3)31)26(19-36(6)20-28(38)35(4)5)34-30(39)25-18-33-37-16-10-15-32-29(25)37/h8,10,12-19,21H,2,7,9,11,20H2,1,3-6H3,(H,34,39)/b23-12+,26-19+. The van der Waals surface area contributed by atoms with E-state index >= 15 is 0 Å². The van der Waals surface area contributed by atoms with Gasteiger partial charge in [0.2, 0.25) is 12.3 Å². The highest BCUT2D eigenvalue weighted by Gasteiger charge is 2.21. The van der Waals surface area contributed by atoms with Gasteiger partial charge in [0.1, 0.15) is 11.3 Å². The molecule has 0 bridgehead atoms. The van der Waals surface area contributed by atoms with Crippen LogP contribution in [0, 0.1) is 0 Å². The molecule has 0 saturated carbocycles. The van der Waals surface area contributed by atoms with Gasteiger partial charge < -0.3 is 19.9 Å². The number of ether oxygens (including phenoxy) is 1. The van der Waals surface area contributed by atoms with Crippen molar-refractivity contribution in [3.05, 3.63) is 90.2 Å². The molecular weight excluding hydrogens is 511 g/mol. The average Bonchev–Trinajstić information content (AvgIpc) is 3.34. The fourth-order valence-electron chi connectivity index (χ4n) is 3.98. The summed E-state index contributed by atoms with van der Waals surface area (Å²) in [4.78, 5) is 33.6. The van der Waals surface area contributed by atoms with Gasteiger partial charge >= 0.3 is 0 Å². The molecule has 1 aromatic carbocycles. The molecule has 2 heterocycles. The molecule has 3 rings (SSSR count). The Balaban J connectivity index is 2.17. The molecule has 1 atom stereocenters. The first-order valence-electron chi connectivity index (χ1n) is 13.1. The molecule has 9 nitrogen and oxygen atoms in total. The Morgan fingerprint density at radius 1 is 1.25 bits per heavy atom. The number of hydrogen-bond donors (Lipinski definition) is 1. The lowest BCUT2D eigenvalue weighted by Crippen LogP contribution is -2.33. The Bertz CT molecular complexity index is 1410. The second-order valence-corrected chi connectivity index (χ2v) is 9.54. The van der Waals surface area contributed by atoms with Gasteiger partial charge in [0.25, 0.3) is 5.91 Å². The Kier molecular flexibility index (Phi) is 10.6. The van der Waals surface area contributed by atoms with Crippen molar-refractivity contribution < 1.29 is 18.7 Å². The summed E-state index contributed by atoms with van der Waals surface area (Å²) in [5.74, 6) is -0.216. The number of rotatable bonds is 13. The lowest BCUT2D eigenvalue weighted by atomic mass is 9.96. The van der Waals surface area contributed by atoms with Crippen LogP contribution in [0.25, 0.3) is 11.2 Å². The topological polar surface area (TPSA) is 92.1 Å².